The summed E-state index contributed by atoms with van der Waals surface area (Å²) >= 11 is 0. The highest BCUT2D eigenvalue weighted by Crippen LogP contribution is 2.21. The molecule has 0 aliphatic rings. The van der Waals surface area contributed by atoms with Crippen LogP contribution in [-0.4, -0.2) is 34.6 Å². The molecule has 6 heteroatoms. The van der Waals surface area contributed by atoms with Crippen molar-refractivity contribution in [3.05, 3.63) is 35.1 Å². The van der Waals surface area contributed by atoms with Crippen LogP contribution in [0.1, 0.15) is 38.0 Å². The van der Waals surface area contributed by atoms with Crippen molar-refractivity contribution in [2.24, 2.45) is 0 Å². The van der Waals surface area contributed by atoms with Crippen molar-refractivity contribution in [2.45, 2.75) is 45.5 Å². The molecule has 0 aromatic heterocycles. The second-order valence-electron chi connectivity index (χ2n) is 5.90. The lowest BCUT2D eigenvalue weighted by Gasteiger charge is -2.23. The van der Waals surface area contributed by atoms with Crippen LogP contribution in [0.2, 0.25) is 0 Å². The van der Waals surface area contributed by atoms with Gasteiger partial charge in [0.2, 0.25) is 0 Å². The highest BCUT2D eigenvalue weighted by molar-refractivity contribution is 5.67. The van der Waals surface area contributed by atoms with Crippen LogP contribution in [0.15, 0.2) is 18.2 Å². The van der Waals surface area contributed by atoms with Crippen LogP contribution in [0.3, 0.4) is 0 Å². The topological polar surface area (TPSA) is 78.8 Å². The van der Waals surface area contributed by atoms with Crippen LogP contribution in [0.5, 0.6) is 0 Å². The van der Waals surface area contributed by atoms with Crippen LogP contribution >= 0.6 is 0 Å². The number of aliphatic hydroxyl groups excluding tert-OH is 2. The zero-order chi connectivity index (χ0) is 16.2. The minimum Gasteiger partial charge on any atom is -0.444 e. The van der Waals surface area contributed by atoms with Crippen LogP contribution < -0.4 is 5.32 Å². The SMILES string of the molecule is Cc1ccc(F)cc1C(O)C(O)CNC(=O)OC(C)(C)C. The van der Waals surface area contributed by atoms with Crippen molar-refractivity contribution in [1.29, 1.82) is 0 Å². The fourth-order valence-corrected chi connectivity index (χ4v) is 1.75. The molecule has 2 atom stereocenters. The summed E-state index contributed by atoms with van der Waals surface area (Å²) < 4.78 is 18.2. The molecule has 0 saturated carbocycles. The standard InChI is InChI=1S/C15H22FNO4/c1-9-5-6-10(16)7-11(9)13(19)12(18)8-17-14(20)21-15(2,3)4/h5-7,12-13,18-19H,8H2,1-4H3,(H,17,20). The second kappa shape index (κ2) is 6.87. The number of amides is 1. The van der Waals surface area contributed by atoms with Crippen molar-refractivity contribution in [2.75, 3.05) is 6.54 Å². The quantitative estimate of drug-likeness (QED) is 0.795. The van der Waals surface area contributed by atoms with Crippen molar-refractivity contribution >= 4 is 6.09 Å². The molecule has 1 rings (SSSR count). The van der Waals surface area contributed by atoms with E-state index >= 15 is 0 Å². The number of aryl methyl sites for hydroxylation is 1. The third-order valence-corrected chi connectivity index (χ3v) is 2.78. The van der Waals surface area contributed by atoms with Crippen molar-refractivity contribution in [3.63, 3.8) is 0 Å². The Hall–Kier alpha value is -1.66. The van der Waals surface area contributed by atoms with Crippen molar-refractivity contribution in [1.82, 2.24) is 5.32 Å². The number of rotatable bonds is 4. The molecule has 1 amide bonds. The summed E-state index contributed by atoms with van der Waals surface area (Å²) in [6.45, 7) is 6.65. The molecule has 0 spiro atoms. The van der Waals surface area contributed by atoms with Crippen molar-refractivity contribution < 1.29 is 24.1 Å². The zero-order valence-corrected chi connectivity index (χ0v) is 12.7. The molecular weight excluding hydrogens is 277 g/mol. The number of halogens is 1. The van der Waals surface area contributed by atoms with Gasteiger partial charge in [-0.25, -0.2) is 9.18 Å². The lowest BCUT2D eigenvalue weighted by molar-refractivity contribution is 0.0125. The number of hydrogen-bond donors (Lipinski definition) is 3. The van der Waals surface area contributed by atoms with Gasteiger partial charge < -0.3 is 20.3 Å². The number of carbonyl (C=O) groups excluding carboxylic acids is 1. The number of benzene rings is 1. The van der Waals surface area contributed by atoms with Gasteiger partial charge in [-0.15, -0.1) is 0 Å². The molecule has 0 heterocycles. The molecule has 1 aromatic rings. The fraction of sp³-hybridized carbons (Fsp3) is 0.533. The van der Waals surface area contributed by atoms with E-state index in [9.17, 15) is 19.4 Å². The number of hydrogen-bond acceptors (Lipinski definition) is 4. The van der Waals surface area contributed by atoms with Crippen molar-refractivity contribution in [3.8, 4) is 0 Å². The van der Waals surface area contributed by atoms with E-state index < -0.39 is 29.7 Å². The normalized spacial score (nSPS) is 14.4. The molecule has 3 N–H and O–H groups in total. The maximum Gasteiger partial charge on any atom is 0.407 e. The Labute approximate surface area is 123 Å². The Kier molecular flexibility index (Phi) is 5.69. The Balaban J connectivity index is 2.61. The molecule has 0 bridgehead atoms. The molecule has 5 nitrogen and oxygen atoms in total. The summed E-state index contributed by atoms with van der Waals surface area (Å²) in [5.74, 6) is -0.498. The maximum atomic E-state index is 13.2. The lowest BCUT2D eigenvalue weighted by atomic mass is 9.99. The first-order valence-electron chi connectivity index (χ1n) is 6.69. The molecule has 0 aliphatic carbocycles. The highest BCUT2D eigenvalue weighted by atomic mass is 19.1. The van der Waals surface area contributed by atoms with Crippen LogP contribution in [0.4, 0.5) is 9.18 Å². The summed E-state index contributed by atoms with van der Waals surface area (Å²) in [6, 6.07) is 3.95. The molecular formula is C15H22FNO4. The highest BCUT2D eigenvalue weighted by Gasteiger charge is 2.22. The summed E-state index contributed by atoms with van der Waals surface area (Å²) in [6.07, 6.45) is -3.25. The average molecular weight is 299 g/mol. The molecule has 118 valence electrons. The summed E-state index contributed by atoms with van der Waals surface area (Å²) in [7, 11) is 0. The van der Waals surface area contributed by atoms with E-state index in [1.54, 1.807) is 27.7 Å². The number of aliphatic hydroxyl groups is 2. The van der Waals surface area contributed by atoms with Gasteiger partial charge in [-0.2, -0.15) is 0 Å². The van der Waals surface area contributed by atoms with Crippen LogP contribution in [0, 0.1) is 12.7 Å². The molecule has 1 aromatic carbocycles. The Bertz CT molecular complexity index is 499. The third kappa shape index (κ3) is 5.69. The predicted octanol–water partition coefficient (Wildman–Crippen LogP) is 2.05. The van der Waals surface area contributed by atoms with E-state index in [-0.39, 0.29) is 12.1 Å². The van der Waals surface area contributed by atoms with Crippen LogP contribution in [-0.2, 0) is 4.74 Å². The number of ether oxygens (including phenoxy) is 1. The van der Waals surface area contributed by atoms with Gasteiger partial charge in [-0.05, 0) is 51.0 Å². The van der Waals surface area contributed by atoms with Gasteiger partial charge in [0.1, 0.15) is 23.6 Å². The lowest BCUT2D eigenvalue weighted by Crippen LogP contribution is -2.39. The summed E-state index contributed by atoms with van der Waals surface area (Å²) in [5, 5.41) is 22.3. The number of carbonyl (C=O) groups is 1. The first-order chi connectivity index (χ1) is 9.60. The van der Waals surface area contributed by atoms with Gasteiger partial charge in [-0.3, -0.25) is 0 Å². The average Bonchev–Trinajstić information content (AvgIpc) is 2.36. The predicted molar refractivity (Wildman–Crippen MR) is 76.3 cm³/mol. The largest absolute Gasteiger partial charge is 0.444 e. The van der Waals surface area contributed by atoms with E-state index in [1.807, 2.05) is 0 Å². The Morgan fingerprint density at radius 3 is 2.57 bits per heavy atom. The number of alkyl carbamates (subject to hydrolysis) is 1. The molecule has 2 unspecified atom stereocenters. The number of nitrogens with one attached hydrogen (secondary N) is 1. The van der Waals surface area contributed by atoms with Gasteiger partial charge in [0.15, 0.2) is 0 Å². The summed E-state index contributed by atoms with van der Waals surface area (Å²) in [5.41, 5.74) is 0.293. The first kappa shape index (κ1) is 17.4. The van der Waals surface area contributed by atoms with E-state index in [4.69, 9.17) is 4.74 Å². The van der Waals surface area contributed by atoms with Gasteiger partial charge in [0.25, 0.3) is 0 Å². The minimum absolute atomic E-state index is 0.202. The van der Waals surface area contributed by atoms with Crippen LogP contribution in [0.25, 0.3) is 0 Å². The third-order valence-electron chi connectivity index (χ3n) is 2.78. The van der Waals surface area contributed by atoms with E-state index in [0.717, 1.165) is 6.07 Å². The Morgan fingerprint density at radius 2 is 2.00 bits per heavy atom. The van der Waals surface area contributed by atoms with Gasteiger partial charge in [0, 0.05) is 6.54 Å². The summed E-state index contributed by atoms with van der Waals surface area (Å²) in [4.78, 5) is 11.5. The molecule has 21 heavy (non-hydrogen) atoms. The van der Waals surface area contributed by atoms with Gasteiger partial charge >= 0.3 is 6.09 Å². The van der Waals surface area contributed by atoms with Gasteiger partial charge in [0.05, 0.1) is 0 Å². The molecule has 0 aliphatic heterocycles. The fourth-order valence-electron chi connectivity index (χ4n) is 1.75. The Morgan fingerprint density at radius 1 is 1.38 bits per heavy atom. The van der Waals surface area contributed by atoms with Gasteiger partial charge in [-0.1, -0.05) is 6.07 Å². The zero-order valence-electron chi connectivity index (χ0n) is 12.7. The molecule has 0 fully saturated rings. The smallest absolute Gasteiger partial charge is 0.407 e. The van der Waals surface area contributed by atoms with E-state index in [1.165, 1.54) is 12.1 Å². The minimum atomic E-state index is -1.30. The first-order valence-corrected chi connectivity index (χ1v) is 6.69. The molecule has 0 radical (unpaired) electrons. The molecule has 0 saturated heterocycles. The maximum absolute atomic E-state index is 13.2. The van der Waals surface area contributed by atoms with E-state index in [2.05, 4.69) is 5.32 Å². The monoisotopic (exact) mass is 299 g/mol. The van der Waals surface area contributed by atoms with E-state index in [0.29, 0.717) is 5.56 Å². The second-order valence-corrected chi connectivity index (χ2v) is 5.90.